The van der Waals surface area contributed by atoms with E-state index < -0.39 is 11.7 Å². The molecule has 0 radical (unpaired) electrons. The number of hydrogen-bond acceptors (Lipinski definition) is 4. The Kier molecular flexibility index (Phi) is 6.18. The number of piperidine rings is 1. The Morgan fingerprint density at radius 3 is 2.86 bits per heavy atom. The summed E-state index contributed by atoms with van der Waals surface area (Å²) < 4.78 is 44.2. The number of likely N-dealkylation sites (N-methyl/N-ethyl adjacent to an activating group) is 1. The van der Waals surface area contributed by atoms with Gasteiger partial charge in [-0.1, -0.05) is 18.6 Å². The van der Waals surface area contributed by atoms with Gasteiger partial charge in [0.05, 0.1) is 11.6 Å². The van der Waals surface area contributed by atoms with E-state index in [9.17, 15) is 18.0 Å². The van der Waals surface area contributed by atoms with Crippen molar-refractivity contribution in [3.05, 3.63) is 53.7 Å². The van der Waals surface area contributed by atoms with Crippen LogP contribution in [0.25, 0.3) is 0 Å². The smallest absolute Gasteiger partial charge is 0.416 e. The number of aromatic nitrogens is 1. The summed E-state index contributed by atoms with van der Waals surface area (Å²) in [5, 5.41) is 2.88. The Bertz CT molecular complexity index is 826. The van der Waals surface area contributed by atoms with Crippen molar-refractivity contribution in [2.24, 2.45) is 0 Å². The van der Waals surface area contributed by atoms with Crippen molar-refractivity contribution < 1.29 is 22.7 Å². The highest BCUT2D eigenvalue weighted by atomic mass is 19.4. The number of benzene rings is 1. The van der Waals surface area contributed by atoms with Gasteiger partial charge in [-0.05, 0) is 50.7 Å². The third kappa shape index (κ3) is 5.01. The highest BCUT2D eigenvalue weighted by Crippen LogP contribution is 2.32. The molecule has 1 aromatic carbocycles. The van der Waals surface area contributed by atoms with Crippen LogP contribution in [-0.2, 0) is 17.5 Å². The number of ether oxygens (including phenoxy) is 1. The number of alkyl halides is 3. The van der Waals surface area contributed by atoms with Crippen LogP contribution < -0.4 is 10.1 Å². The Morgan fingerprint density at radius 2 is 2.11 bits per heavy atom. The minimum atomic E-state index is -4.45. The molecule has 0 bridgehead atoms. The molecule has 0 saturated carbocycles. The molecule has 1 aliphatic rings. The third-order valence-electron chi connectivity index (χ3n) is 4.75. The van der Waals surface area contributed by atoms with E-state index in [0.29, 0.717) is 5.56 Å². The lowest BCUT2D eigenvalue weighted by atomic mass is 10.0. The molecule has 5 nitrogen and oxygen atoms in total. The van der Waals surface area contributed by atoms with Crippen LogP contribution in [0, 0.1) is 0 Å². The van der Waals surface area contributed by atoms with Gasteiger partial charge in [-0.2, -0.15) is 13.2 Å². The fourth-order valence-corrected chi connectivity index (χ4v) is 3.20. The zero-order valence-electron chi connectivity index (χ0n) is 15.5. The molecule has 1 saturated heterocycles. The summed E-state index contributed by atoms with van der Waals surface area (Å²) in [6, 6.07) is 7.86. The molecule has 1 fully saturated rings. The summed E-state index contributed by atoms with van der Waals surface area (Å²) in [7, 11) is 1.93. The van der Waals surface area contributed by atoms with Crippen molar-refractivity contribution in [1.82, 2.24) is 15.2 Å². The molecule has 8 heteroatoms. The van der Waals surface area contributed by atoms with Gasteiger partial charge in [-0.15, -0.1) is 0 Å². The fraction of sp³-hybridized carbons (Fsp3) is 0.400. The van der Waals surface area contributed by atoms with E-state index in [1.54, 1.807) is 12.1 Å². The molecule has 0 spiro atoms. The molecule has 2 aromatic rings. The van der Waals surface area contributed by atoms with E-state index in [2.05, 4.69) is 10.3 Å². The average Bonchev–Trinajstić information content (AvgIpc) is 2.67. The van der Waals surface area contributed by atoms with Crippen LogP contribution in [0.4, 0.5) is 13.2 Å². The molecule has 1 atom stereocenters. The maximum atomic E-state index is 12.9. The van der Waals surface area contributed by atoms with Gasteiger partial charge in [0.15, 0.2) is 0 Å². The summed E-state index contributed by atoms with van der Waals surface area (Å²) in [4.78, 5) is 18.6. The maximum absolute atomic E-state index is 12.9. The second kappa shape index (κ2) is 8.60. The van der Waals surface area contributed by atoms with Crippen molar-refractivity contribution in [3.8, 4) is 11.6 Å². The molecule has 0 unspecified atom stereocenters. The van der Waals surface area contributed by atoms with E-state index in [1.807, 2.05) is 11.9 Å². The van der Waals surface area contributed by atoms with Crippen LogP contribution >= 0.6 is 0 Å². The standard InChI is InChI=1S/C20H22F3N3O2/c1-26-11-3-2-9-17(26)18(27)25-13-14-6-5-10-24-19(14)28-16-8-4-7-15(12-16)20(21,22)23/h4-8,10,12,17H,2-3,9,11,13H2,1H3,(H,25,27)/t17-/m0/s1. The largest absolute Gasteiger partial charge is 0.439 e. The first-order valence-electron chi connectivity index (χ1n) is 9.11. The van der Waals surface area contributed by atoms with Crippen LogP contribution in [0.2, 0.25) is 0 Å². The van der Waals surface area contributed by atoms with Gasteiger partial charge >= 0.3 is 6.18 Å². The number of amides is 1. The van der Waals surface area contributed by atoms with Crippen LogP contribution in [0.1, 0.15) is 30.4 Å². The Hall–Kier alpha value is -2.61. The van der Waals surface area contributed by atoms with Crippen LogP contribution in [-0.4, -0.2) is 35.4 Å². The SMILES string of the molecule is CN1CCCC[C@H]1C(=O)NCc1cccnc1Oc1cccc(C(F)(F)F)c1. The van der Waals surface area contributed by atoms with Gasteiger partial charge in [0, 0.05) is 18.3 Å². The first-order valence-corrected chi connectivity index (χ1v) is 9.11. The molecule has 3 rings (SSSR count). The number of nitrogens with zero attached hydrogens (tertiary/aromatic N) is 2. The normalized spacial score (nSPS) is 17.9. The monoisotopic (exact) mass is 393 g/mol. The summed E-state index contributed by atoms with van der Waals surface area (Å²) in [5.74, 6) is 0.128. The van der Waals surface area contributed by atoms with Crippen molar-refractivity contribution in [2.75, 3.05) is 13.6 Å². The third-order valence-corrected chi connectivity index (χ3v) is 4.75. The lowest BCUT2D eigenvalue weighted by molar-refractivity contribution is -0.137. The number of hydrogen-bond donors (Lipinski definition) is 1. The molecule has 28 heavy (non-hydrogen) atoms. The second-order valence-corrected chi connectivity index (χ2v) is 6.81. The van der Waals surface area contributed by atoms with Crippen molar-refractivity contribution in [1.29, 1.82) is 0 Å². The Labute approximate surface area is 161 Å². The molecule has 1 amide bonds. The zero-order chi connectivity index (χ0) is 20.1. The first-order chi connectivity index (χ1) is 13.3. The molecule has 1 N–H and O–H groups in total. The van der Waals surface area contributed by atoms with Gasteiger partial charge < -0.3 is 10.1 Å². The zero-order valence-corrected chi connectivity index (χ0v) is 15.5. The predicted octanol–water partition coefficient (Wildman–Crippen LogP) is 3.99. The number of rotatable bonds is 5. The number of carbonyl (C=O) groups excluding carboxylic acids is 1. The maximum Gasteiger partial charge on any atom is 0.416 e. The van der Waals surface area contributed by atoms with Crippen LogP contribution in [0.5, 0.6) is 11.6 Å². The number of pyridine rings is 1. The summed E-state index contributed by atoms with van der Waals surface area (Å²) in [6.07, 6.45) is -0.0600. The van der Waals surface area contributed by atoms with E-state index in [4.69, 9.17) is 4.74 Å². The van der Waals surface area contributed by atoms with Crippen molar-refractivity contribution >= 4 is 5.91 Å². The molecular formula is C20H22F3N3O2. The average molecular weight is 393 g/mol. The molecule has 1 aromatic heterocycles. The minimum Gasteiger partial charge on any atom is -0.439 e. The van der Waals surface area contributed by atoms with Crippen LogP contribution in [0.15, 0.2) is 42.6 Å². The van der Waals surface area contributed by atoms with Crippen molar-refractivity contribution in [2.45, 2.75) is 38.0 Å². The minimum absolute atomic E-state index is 0.0353. The number of carbonyl (C=O) groups is 1. The molecule has 150 valence electrons. The van der Waals surface area contributed by atoms with Gasteiger partial charge in [-0.3, -0.25) is 9.69 Å². The van der Waals surface area contributed by atoms with E-state index in [1.165, 1.54) is 18.3 Å². The highest BCUT2D eigenvalue weighted by Gasteiger charge is 2.31. The van der Waals surface area contributed by atoms with E-state index >= 15 is 0 Å². The molecule has 0 aliphatic carbocycles. The lowest BCUT2D eigenvalue weighted by Gasteiger charge is -2.31. The van der Waals surface area contributed by atoms with Gasteiger partial charge in [0.25, 0.3) is 0 Å². The van der Waals surface area contributed by atoms with E-state index in [-0.39, 0.29) is 30.1 Å². The lowest BCUT2D eigenvalue weighted by Crippen LogP contribution is -2.47. The summed E-state index contributed by atoms with van der Waals surface area (Å²) >= 11 is 0. The van der Waals surface area contributed by atoms with Crippen LogP contribution in [0.3, 0.4) is 0 Å². The Morgan fingerprint density at radius 1 is 1.29 bits per heavy atom. The number of nitrogens with one attached hydrogen (secondary N) is 1. The van der Waals surface area contributed by atoms with Gasteiger partial charge in [0.1, 0.15) is 5.75 Å². The summed E-state index contributed by atoms with van der Waals surface area (Å²) in [6.45, 7) is 1.07. The topological polar surface area (TPSA) is 54.5 Å². The molecular weight excluding hydrogens is 371 g/mol. The predicted molar refractivity (Wildman–Crippen MR) is 97.9 cm³/mol. The molecule has 2 heterocycles. The second-order valence-electron chi connectivity index (χ2n) is 6.81. The number of halogens is 3. The highest BCUT2D eigenvalue weighted by molar-refractivity contribution is 5.81. The van der Waals surface area contributed by atoms with Gasteiger partial charge in [0.2, 0.25) is 11.8 Å². The number of likely N-dealkylation sites (tertiary alicyclic amines) is 1. The fourth-order valence-electron chi connectivity index (χ4n) is 3.20. The molecule has 1 aliphatic heterocycles. The quantitative estimate of drug-likeness (QED) is 0.835. The first kappa shape index (κ1) is 20.1. The van der Waals surface area contributed by atoms with Crippen molar-refractivity contribution in [3.63, 3.8) is 0 Å². The van der Waals surface area contributed by atoms with Gasteiger partial charge in [-0.25, -0.2) is 4.98 Å². The summed E-state index contributed by atoms with van der Waals surface area (Å²) in [5.41, 5.74) is -0.206. The van der Waals surface area contributed by atoms with E-state index in [0.717, 1.165) is 37.9 Å². The Balaban J connectivity index is 1.69.